The summed E-state index contributed by atoms with van der Waals surface area (Å²) >= 11 is 0. The van der Waals surface area contributed by atoms with Gasteiger partial charge < -0.3 is 5.32 Å². The maximum Gasteiger partial charge on any atom is 0.325 e. The number of rotatable bonds is 5. The molecule has 1 atom stereocenters. The number of imide groups is 1. The van der Waals surface area contributed by atoms with Crippen LogP contribution in [0.15, 0.2) is 30.3 Å². The highest BCUT2D eigenvalue weighted by Gasteiger charge is 2.52. The standard InChI is InChI=1S/C21H30N4O2/c1-17-15-23(16-18-7-3-2-4-8-18)11-12-24(17)13-14-25-19(26)21(22-20(25)27)9-5-6-10-21/h2-4,7-8,17H,5-6,9-16H2,1H3,(H,22,27)/t17-/m1/s1. The Balaban J connectivity index is 1.28. The topological polar surface area (TPSA) is 55.9 Å². The second-order valence-corrected chi connectivity index (χ2v) is 8.28. The summed E-state index contributed by atoms with van der Waals surface area (Å²) in [5.41, 5.74) is 0.760. The Labute approximate surface area is 161 Å². The van der Waals surface area contributed by atoms with Crippen LogP contribution in [0, 0.1) is 0 Å². The second kappa shape index (κ2) is 7.60. The predicted octanol–water partition coefficient (Wildman–Crippen LogP) is 2.06. The zero-order valence-corrected chi connectivity index (χ0v) is 16.2. The number of carbonyl (C=O) groups is 2. The molecule has 1 aliphatic carbocycles. The minimum atomic E-state index is -0.586. The van der Waals surface area contributed by atoms with E-state index in [1.165, 1.54) is 10.5 Å². The van der Waals surface area contributed by atoms with Crippen LogP contribution < -0.4 is 5.32 Å². The summed E-state index contributed by atoms with van der Waals surface area (Å²) in [6, 6.07) is 10.8. The fraction of sp³-hybridized carbons (Fsp3) is 0.619. The molecule has 1 aromatic carbocycles. The predicted molar refractivity (Wildman–Crippen MR) is 104 cm³/mol. The number of nitrogens with one attached hydrogen (secondary N) is 1. The number of urea groups is 1. The van der Waals surface area contributed by atoms with E-state index in [9.17, 15) is 9.59 Å². The summed E-state index contributed by atoms with van der Waals surface area (Å²) < 4.78 is 0. The van der Waals surface area contributed by atoms with Gasteiger partial charge in [0.25, 0.3) is 5.91 Å². The van der Waals surface area contributed by atoms with Crippen molar-refractivity contribution in [2.45, 2.75) is 50.7 Å². The maximum absolute atomic E-state index is 12.8. The summed E-state index contributed by atoms with van der Waals surface area (Å²) in [6.07, 6.45) is 3.64. The molecule has 1 saturated carbocycles. The molecule has 0 unspecified atom stereocenters. The van der Waals surface area contributed by atoms with Gasteiger partial charge in [0.15, 0.2) is 0 Å². The molecule has 2 saturated heterocycles. The van der Waals surface area contributed by atoms with Crippen molar-refractivity contribution in [1.29, 1.82) is 0 Å². The number of benzene rings is 1. The van der Waals surface area contributed by atoms with Gasteiger partial charge in [-0.2, -0.15) is 0 Å². The number of carbonyl (C=O) groups excluding carboxylic acids is 2. The number of hydrogen-bond donors (Lipinski definition) is 1. The minimum Gasteiger partial charge on any atom is -0.323 e. The number of piperazine rings is 1. The Bertz CT molecular complexity index is 687. The largest absolute Gasteiger partial charge is 0.325 e. The van der Waals surface area contributed by atoms with Crippen LogP contribution in [0.5, 0.6) is 0 Å². The van der Waals surface area contributed by atoms with Crippen molar-refractivity contribution in [3.05, 3.63) is 35.9 Å². The molecule has 0 radical (unpaired) electrons. The second-order valence-electron chi connectivity index (χ2n) is 8.28. The monoisotopic (exact) mass is 370 g/mol. The summed E-state index contributed by atoms with van der Waals surface area (Å²) in [6.45, 7) is 7.48. The molecule has 6 heteroatoms. The van der Waals surface area contributed by atoms with E-state index in [0.29, 0.717) is 12.6 Å². The van der Waals surface area contributed by atoms with Crippen molar-refractivity contribution >= 4 is 11.9 Å². The van der Waals surface area contributed by atoms with E-state index in [4.69, 9.17) is 0 Å². The van der Waals surface area contributed by atoms with Gasteiger partial charge in [-0.1, -0.05) is 43.2 Å². The molecule has 1 spiro atoms. The van der Waals surface area contributed by atoms with Crippen molar-refractivity contribution in [2.75, 3.05) is 32.7 Å². The molecule has 146 valence electrons. The Morgan fingerprint density at radius 3 is 2.52 bits per heavy atom. The number of amides is 3. The van der Waals surface area contributed by atoms with Crippen LogP contribution in [-0.4, -0.2) is 70.9 Å². The quantitative estimate of drug-likeness (QED) is 0.806. The molecule has 0 aromatic heterocycles. The molecule has 1 aromatic rings. The molecule has 3 amide bonds. The zero-order chi connectivity index (χ0) is 18.9. The highest BCUT2D eigenvalue weighted by molar-refractivity contribution is 6.07. The van der Waals surface area contributed by atoms with Crippen LogP contribution in [-0.2, 0) is 11.3 Å². The fourth-order valence-corrected chi connectivity index (χ4v) is 4.81. The minimum absolute atomic E-state index is 0.000339. The SMILES string of the molecule is C[C@@H]1CN(Cc2ccccc2)CCN1CCN1C(=O)NC2(CCCC2)C1=O. The average Bonchev–Trinajstić information content (AvgIpc) is 3.22. The van der Waals surface area contributed by atoms with Crippen LogP contribution in [0.25, 0.3) is 0 Å². The van der Waals surface area contributed by atoms with Crippen molar-refractivity contribution in [1.82, 2.24) is 20.0 Å². The van der Waals surface area contributed by atoms with Gasteiger partial charge in [0.1, 0.15) is 5.54 Å². The molecule has 2 aliphatic heterocycles. The molecule has 3 fully saturated rings. The first-order valence-corrected chi connectivity index (χ1v) is 10.2. The van der Waals surface area contributed by atoms with Crippen LogP contribution in [0.3, 0.4) is 0 Å². The first-order valence-electron chi connectivity index (χ1n) is 10.2. The van der Waals surface area contributed by atoms with Crippen molar-refractivity contribution in [3.63, 3.8) is 0 Å². The lowest BCUT2D eigenvalue weighted by Gasteiger charge is -2.40. The normalized spacial score (nSPS) is 26.1. The van der Waals surface area contributed by atoms with Gasteiger partial charge in [0.2, 0.25) is 0 Å². The van der Waals surface area contributed by atoms with Gasteiger partial charge in [-0.15, -0.1) is 0 Å². The zero-order valence-electron chi connectivity index (χ0n) is 16.2. The highest BCUT2D eigenvalue weighted by atomic mass is 16.2. The molecule has 6 nitrogen and oxygen atoms in total. The molecule has 3 aliphatic rings. The Hall–Kier alpha value is -1.92. The fourth-order valence-electron chi connectivity index (χ4n) is 4.81. The van der Waals surface area contributed by atoms with Gasteiger partial charge >= 0.3 is 6.03 Å². The molecular formula is C21H30N4O2. The van der Waals surface area contributed by atoms with Crippen molar-refractivity contribution in [3.8, 4) is 0 Å². The van der Waals surface area contributed by atoms with E-state index in [2.05, 4.69) is 52.4 Å². The Morgan fingerprint density at radius 1 is 1.07 bits per heavy atom. The summed E-state index contributed by atoms with van der Waals surface area (Å²) in [5.74, 6) is 0.000339. The molecule has 27 heavy (non-hydrogen) atoms. The van der Waals surface area contributed by atoms with Gasteiger partial charge in [-0.3, -0.25) is 19.5 Å². The third kappa shape index (κ3) is 3.73. The Kier molecular flexibility index (Phi) is 5.19. The van der Waals surface area contributed by atoms with Crippen molar-refractivity contribution in [2.24, 2.45) is 0 Å². The Morgan fingerprint density at radius 2 is 1.81 bits per heavy atom. The maximum atomic E-state index is 12.8. The molecule has 4 rings (SSSR count). The lowest BCUT2D eigenvalue weighted by Crippen LogP contribution is -2.53. The van der Waals surface area contributed by atoms with Crippen molar-refractivity contribution < 1.29 is 9.59 Å². The lowest BCUT2D eigenvalue weighted by atomic mass is 9.98. The summed E-state index contributed by atoms with van der Waals surface area (Å²) in [5, 5.41) is 2.97. The summed E-state index contributed by atoms with van der Waals surface area (Å²) in [4.78, 5) is 31.4. The first kappa shape index (κ1) is 18.4. The molecule has 1 N–H and O–H groups in total. The van der Waals surface area contributed by atoms with E-state index >= 15 is 0 Å². The van der Waals surface area contributed by atoms with Crippen LogP contribution >= 0.6 is 0 Å². The van der Waals surface area contributed by atoms with E-state index in [1.807, 2.05) is 0 Å². The van der Waals surface area contributed by atoms with Gasteiger partial charge in [-0.25, -0.2) is 4.79 Å². The van der Waals surface area contributed by atoms with Gasteiger partial charge in [-0.05, 0) is 25.3 Å². The average molecular weight is 370 g/mol. The lowest BCUT2D eigenvalue weighted by molar-refractivity contribution is -0.131. The van der Waals surface area contributed by atoms with Crippen LogP contribution in [0.4, 0.5) is 4.79 Å². The number of nitrogens with zero attached hydrogens (tertiary/aromatic N) is 3. The van der Waals surface area contributed by atoms with E-state index < -0.39 is 5.54 Å². The van der Waals surface area contributed by atoms with Gasteiger partial charge in [0, 0.05) is 45.3 Å². The van der Waals surface area contributed by atoms with Gasteiger partial charge in [0.05, 0.1) is 0 Å². The summed E-state index contributed by atoms with van der Waals surface area (Å²) in [7, 11) is 0. The highest BCUT2D eigenvalue weighted by Crippen LogP contribution is 2.34. The van der Waals surface area contributed by atoms with E-state index in [1.54, 1.807) is 0 Å². The molecule has 2 heterocycles. The van der Waals surface area contributed by atoms with Crippen LogP contribution in [0.1, 0.15) is 38.2 Å². The molecular weight excluding hydrogens is 340 g/mol. The first-order chi connectivity index (χ1) is 13.1. The third-order valence-corrected chi connectivity index (χ3v) is 6.41. The smallest absolute Gasteiger partial charge is 0.323 e. The van der Waals surface area contributed by atoms with Crippen LogP contribution in [0.2, 0.25) is 0 Å². The van der Waals surface area contributed by atoms with E-state index in [-0.39, 0.29) is 11.9 Å². The number of hydrogen-bond acceptors (Lipinski definition) is 4. The molecule has 0 bridgehead atoms. The third-order valence-electron chi connectivity index (χ3n) is 6.41. The van der Waals surface area contributed by atoms with E-state index in [0.717, 1.165) is 58.4 Å².